The summed E-state index contributed by atoms with van der Waals surface area (Å²) in [7, 11) is 0. The Bertz CT molecular complexity index is 763. The van der Waals surface area contributed by atoms with Crippen LogP contribution in [0.2, 0.25) is 0 Å². The third kappa shape index (κ3) is 2.72. The molecule has 3 N–H and O–H groups in total. The maximum absolute atomic E-state index is 9.27. The van der Waals surface area contributed by atoms with Crippen LogP contribution in [0.5, 0.6) is 5.75 Å². The molecule has 0 saturated carbocycles. The van der Waals surface area contributed by atoms with E-state index in [0.717, 1.165) is 16.7 Å². The predicted octanol–water partition coefficient (Wildman–Crippen LogP) is 2.92. The first kappa shape index (κ1) is 13.2. The lowest BCUT2D eigenvalue weighted by Gasteiger charge is -2.03. The lowest BCUT2D eigenvalue weighted by atomic mass is 10.1. The monoisotopic (exact) mass is 281 g/mol. The molecule has 3 aromatic rings. The number of aromatic nitrogens is 2. The third-order valence-corrected chi connectivity index (χ3v) is 3.32. The Kier molecular flexibility index (Phi) is 3.31. The minimum absolute atomic E-state index is 0.236. The normalized spacial score (nSPS) is 10.7. The van der Waals surface area contributed by atoms with Crippen LogP contribution in [0.15, 0.2) is 47.0 Å². The first-order valence-electron chi connectivity index (χ1n) is 6.59. The summed E-state index contributed by atoms with van der Waals surface area (Å²) in [5.74, 6) is 1.24. The van der Waals surface area contributed by atoms with Crippen LogP contribution < -0.4 is 5.73 Å². The largest absolute Gasteiger partial charge is 0.508 e. The standard InChI is InChI=1S/C16H15N3O2/c1-10-3-2-4-13(15(10)17)16-18-14(19-21-16)9-11-5-7-12(20)8-6-11/h2-8,20H,9,17H2,1H3. The van der Waals surface area contributed by atoms with Crippen LogP contribution in [0, 0.1) is 6.92 Å². The van der Waals surface area contributed by atoms with Crippen LogP contribution >= 0.6 is 0 Å². The second-order valence-electron chi connectivity index (χ2n) is 4.90. The quantitative estimate of drug-likeness (QED) is 0.721. The number of nitrogens with two attached hydrogens (primary N) is 1. The molecule has 0 unspecified atom stereocenters. The van der Waals surface area contributed by atoms with Gasteiger partial charge >= 0.3 is 0 Å². The summed E-state index contributed by atoms with van der Waals surface area (Å²) >= 11 is 0. The highest BCUT2D eigenvalue weighted by Crippen LogP contribution is 2.27. The molecule has 21 heavy (non-hydrogen) atoms. The van der Waals surface area contributed by atoms with E-state index in [1.807, 2.05) is 37.3 Å². The van der Waals surface area contributed by atoms with Gasteiger partial charge in [-0.25, -0.2) is 0 Å². The highest BCUT2D eigenvalue weighted by molar-refractivity contribution is 5.73. The van der Waals surface area contributed by atoms with Gasteiger partial charge in [0.25, 0.3) is 5.89 Å². The Morgan fingerprint density at radius 2 is 1.90 bits per heavy atom. The number of aryl methyl sites for hydroxylation is 1. The van der Waals surface area contributed by atoms with Gasteiger partial charge < -0.3 is 15.4 Å². The van der Waals surface area contributed by atoms with Gasteiger partial charge in [-0.1, -0.05) is 29.4 Å². The SMILES string of the molecule is Cc1cccc(-c2nc(Cc3ccc(O)cc3)no2)c1N. The van der Waals surface area contributed by atoms with Crippen molar-refractivity contribution in [2.75, 3.05) is 5.73 Å². The second kappa shape index (κ2) is 5.28. The average molecular weight is 281 g/mol. The fourth-order valence-electron chi connectivity index (χ4n) is 2.10. The maximum atomic E-state index is 9.27. The molecular weight excluding hydrogens is 266 g/mol. The Morgan fingerprint density at radius 1 is 1.14 bits per heavy atom. The lowest BCUT2D eigenvalue weighted by Crippen LogP contribution is -1.94. The molecule has 0 bridgehead atoms. The Morgan fingerprint density at radius 3 is 2.67 bits per heavy atom. The number of nitrogens with zero attached hydrogens (tertiary/aromatic N) is 2. The summed E-state index contributed by atoms with van der Waals surface area (Å²) in [5.41, 5.74) is 9.41. The zero-order valence-electron chi connectivity index (χ0n) is 11.6. The second-order valence-corrected chi connectivity index (χ2v) is 4.90. The maximum Gasteiger partial charge on any atom is 0.260 e. The zero-order valence-corrected chi connectivity index (χ0v) is 11.6. The molecule has 1 aromatic heterocycles. The number of hydrogen-bond donors (Lipinski definition) is 2. The summed E-state index contributed by atoms with van der Waals surface area (Å²) in [6.07, 6.45) is 0.537. The van der Waals surface area contributed by atoms with Gasteiger partial charge in [0.15, 0.2) is 5.82 Å². The van der Waals surface area contributed by atoms with Crippen molar-refractivity contribution in [3.8, 4) is 17.2 Å². The van der Waals surface area contributed by atoms with Crippen molar-refractivity contribution >= 4 is 5.69 Å². The molecule has 5 heteroatoms. The van der Waals surface area contributed by atoms with Gasteiger partial charge in [-0.15, -0.1) is 0 Å². The van der Waals surface area contributed by atoms with Crippen molar-refractivity contribution < 1.29 is 9.63 Å². The molecule has 0 atom stereocenters. The fourth-order valence-corrected chi connectivity index (χ4v) is 2.10. The number of phenols is 1. The Balaban J connectivity index is 1.86. The van der Waals surface area contributed by atoms with Crippen LogP contribution in [-0.2, 0) is 6.42 Å². The first-order chi connectivity index (χ1) is 10.1. The number of aromatic hydroxyl groups is 1. The number of phenolic OH excluding ortho intramolecular Hbond substituents is 1. The van der Waals surface area contributed by atoms with E-state index in [-0.39, 0.29) is 5.75 Å². The van der Waals surface area contributed by atoms with Gasteiger partial charge in [-0.2, -0.15) is 4.98 Å². The van der Waals surface area contributed by atoms with Crippen molar-refractivity contribution in [1.82, 2.24) is 10.1 Å². The summed E-state index contributed by atoms with van der Waals surface area (Å²) in [6, 6.07) is 12.6. The van der Waals surface area contributed by atoms with Gasteiger partial charge in [-0.05, 0) is 36.2 Å². The number of anilines is 1. The van der Waals surface area contributed by atoms with Crippen LogP contribution in [0.25, 0.3) is 11.5 Å². The topological polar surface area (TPSA) is 85.2 Å². The molecule has 0 fully saturated rings. The van der Waals surface area contributed by atoms with Crippen molar-refractivity contribution in [3.63, 3.8) is 0 Å². The van der Waals surface area contributed by atoms with Gasteiger partial charge in [0.2, 0.25) is 0 Å². The van der Waals surface area contributed by atoms with Crippen LogP contribution in [-0.4, -0.2) is 15.2 Å². The number of hydrogen-bond acceptors (Lipinski definition) is 5. The zero-order chi connectivity index (χ0) is 14.8. The molecule has 106 valence electrons. The highest BCUT2D eigenvalue weighted by atomic mass is 16.5. The first-order valence-corrected chi connectivity index (χ1v) is 6.59. The number of benzene rings is 2. The molecule has 0 saturated heterocycles. The van der Waals surface area contributed by atoms with E-state index >= 15 is 0 Å². The molecule has 5 nitrogen and oxygen atoms in total. The summed E-state index contributed by atoms with van der Waals surface area (Å²) in [5, 5.41) is 13.2. The average Bonchev–Trinajstić information content (AvgIpc) is 2.93. The van der Waals surface area contributed by atoms with E-state index in [1.54, 1.807) is 12.1 Å². The molecule has 0 aliphatic carbocycles. The van der Waals surface area contributed by atoms with Gasteiger partial charge in [0.05, 0.1) is 5.56 Å². The van der Waals surface area contributed by atoms with E-state index < -0.39 is 0 Å². The molecule has 0 amide bonds. The molecular formula is C16H15N3O2. The molecule has 0 spiro atoms. The Hall–Kier alpha value is -2.82. The van der Waals surface area contributed by atoms with E-state index in [9.17, 15) is 5.11 Å². The van der Waals surface area contributed by atoms with Crippen LogP contribution in [0.1, 0.15) is 17.0 Å². The van der Waals surface area contributed by atoms with E-state index in [1.165, 1.54) is 0 Å². The van der Waals surface area contributed by atoms with E-state index in [4.69, 9.17) is 10.3 Å². The molecule has 0 aliphatic heterocycles. The molecule has 2 aromatic carbocycles. The van der Waals surface area contributed by atoms with Crippen molar-refractivity contribution in [3.05, 3.63) is 59.4 Å². The van der Waals surface area contributed by atoms with E-state index in [2.05, 4.69) is 10.1 Å². The minimum atomic E-state index is 0.236. The lowest BCUT2D eigenvalue weighted by molar-refractivity contribution is 0.424. The number of nitrogen functional groups attached to an aromatic ring is 1. The van der Waals surface area contributed by atoms with Crippen molar-refractivity contribution in [1.29, 1.82) is 0 Å². The van der Waals surface area contributed by atoms with Crippen LogP contribution in [0.4, 0.5) is 5.69 Å². The Labute approximate surface area is 122 Å². The van der Waals surface area contributed by atoms with Gasteiger partial charge in [0, 0.05) is 12.1 Å². The third-order valence-electron chi connectivity index (χ3n) is 3.32. The van der Waals surface area contributed by atoms with Crippen LogP contribution in [0.3, 0.4) is 0 Å². The summed E-state index contributed by atoms with van der Waals surface area (Å²) in [6.45, 7) is 1.94. The van der Waals surface area contributed by atoms with Crippen molar-refractivity contribution in [2.24, 2.45) is 0 Å². The predicted molar refractivity (Wildman–Crippen MR) is 79.8 cm³/mol. The van der Waals surface area contributed by atoms with Gasteiger partial charge in [-0.3, -0.25) is 0 Å². The summed E-state index contributed by atoms with van der Waals surface area (Å²) < 4.78 is 5.29. The molecule has 1 heterocycles. The smallest absolute Gasteiger partial charge is 0.260 e. The number of para-hydroxylation sites is 1. The molecule has 0 aliphatic rings. The van der Waals surface area contributed by atoms with Gasteiger partial charge in [0.1, 0.15) is 5.75 Å². The molecule has 3 rings (SSSR count). The summed E-state index contributed by atoms with van der Waals surface area (Å²) in [4.78, 5) is 4.38. The van der Waals surface area contributed by atoms with E-state index in [0.29, 0.717) is 23.8 Å². The number of rotatable bonds is 3. The fraction of sp³-hybridized carbons (Fsp3) is 0.125. The minimum Gasteiger partial charge on any atom is -0.508 e. The van der Waals surface area contributed by atoms with Crippen molar-refractivity contribution in [2.45, 2.75) is 13.3 Å². The highest BCUT2D eigenvalue weighted by Gasteiger charge is 2.13. The molecule has 0 radical (unpaired) electrons.